The molecule has 0 aliphatic rings. The third-order valence-corrected chi connectivity index (χ3v) is 3.53. The van der Waals surface area contributed by atoms with E-state index < -0.39 is 5.91 Å². The van der Waals surface area contributed by atoms with Gasteiger partial charge in [-0.3, -0.25) is 14.8 Å². The molecular formula is C14H13N5O3. The lowest BCUT2D eigenvalue weighted by Gasteiger charge is -2.06. The Morgan fingerprint density at radius 2 is 2.18 bits per heavy atom. The summed E-state index contributed by atoms with van der Waals surface area (Å²) in [4.78, 5) is 34.9. The number of amides is 1. The molecule has 22 heavy (non-hydrogen) atoms. The number of carbonyl (C=O) groups is 1. The lowest BCUT2D eigenvalue weighted by atomic mass is 10.1. The van der Waals surface area contributed by atoms with Crippen LogP contribution in [-0.4, -0.2) is 30.6 Å². The average Bonchev–Trinajstić information content (AvgIpc) is 2.85. The van der Waals surface area contributed by atoms with Crippen LogP contribution in [0.4, 0.5) is 0 Å². The number of fused-ring (bicyclic) bond motifs is 1. The van der Waals surface area contributed by atoms with Crippen molar-refractivity contribution in [2.24, 2.45) is 7.05 Å². The van der Waals surface area contributed by atoms with Crippen LogP contribution in [0.25, 0.3) is 22.4 Å². The van der Waals surface area contributed by atoms with Crippen molar-refractivity contribution in [3.8, 4) is 11.5 Å². The van der Waals surface area contributed by atoms with Crippen molar-refractivity contribution in [1.82, 2.24) is 25.0 Å². The summed E-state index contributed by atoms with van der Waals surface area (Å²) in [5.74, 6) is 0.482. The highest BCUT2D eigenvalue weighted by Crippen LogP contribution is 2.17. The van der Waals surface area contributed by atoms with Crippen LogP contribution in [0, 0.1) is 6.92 Å². The van der Waals surface area contributed by atoms with E-state index in [1.807, 2.05) is 14.0 Å². The molecule has 0 atom stereocenters. The van der Waals surface area contributed by atoms with E-state index in [4.69, 9.17) is 5.21 Å². The van der Waals surface area contributed by atoms with E-state index in [2.05, 4.69) is 15.0 Å². The molecule has 112 valence electrons. The number of nitrogens with zero attached hydrogens (tertiary/aromatic N) is 3. The molecule has 3 aromatic rings. The summed E-state index contributed by atoms with van der Waals surface area (Å²) in [6.07, 6.45) is 1.61. The van der Waals surface area contributed by atoms with Crippen molar-refractivity contribution in [2.45, 2.75) is 6.92 Å². The SMILES string of the molecule is Cc1ncc(-c2nc3cc(C(=O)NO)ccc3c(=O)[nH]2)n1C. The van der Waals surface area contributed by atoms with Gasteiger partial charge in [0.25, 0.3) is 11.5 Å². The summed E-state index contributed by atoms with van der Waals surface area (Å²) in [6.45, 7) is 1.84. The van der Waals surface area contributed by atoms with Gasteiger partial charge in [0.2, 0.25) is 0 Å². The zero-order valence-corrected chi connectivity index (χ0v) is 11.9. The number of carbonyl (C=O) groups excluding carboxylic acids is 1. The van der Waals surface area contributed by atoms with Crippen LogP contribution in [0.3, 0.4) is 0 Å². The van der Waals surface area contributed by atoms with Gasteiger partial charge < -0.3 is 9.55 Å². The molecule has 8 heteroatoms. The second-order valence-corrected chi connectivity index (χ2v) is 4.84. The maximum Gasteiger partial charge on any atom is 0.274 e. The highest BCUT2D eigenvalue weighted by atomic mass is 16.5. The van der Waals surface area contributed by atoms with Crippen LogP contribution in [-0.2, 0) is 7.05 Å². The van der Waals surface area contributed by atoms with Crippen molar-refractivity contribution in [3.05, 3.63) is 46.1 Å². The number of aromatic nitrogens is 4. The standard InChI is InChI=1S/C14H13N5O3/c1-7-15-6-11(19(7)2)12-16-10-5-8(13(20)18-22)3-4-9(10)14(21)17-12/h3-6,22H,1-2H3,(H,18,20)(H,16,17,21). The Hall–Kier alpha value is -3.00. The monoisotopic (exact) mass is 299 g/mol. The maximum absolute atomic E-state index is 12.2. The largest absolute Gasteiger partial charge is 0.329 e. The predicted molar refractivity (Wildman–Crippen MR) is 78.6 cm³/mol. The summed E-state index contributed by atoms with van der Waals surface area (Å²) in [5.41, 5.74) is 2.47. The van der Waals surface area contributed by atoms with Gasteiger partial charge in [-0.15, -0.1) is 0 Å². The molecule has 0 bridgehead atoms. The molecule has 0 fully saturated rings. The number of hydroxylamine groups is 1. The fraction of sp³-hybridized carbons (Fsp3) is 0.143. The molecule has 0 aliphatic carbocycles. The molecule has 8 nitrogen and oxygen atoms in total. The van der Waals surface area contributed by atoms with Gasteiger partial charge in [0.05, 0.1) is 17.1 Å². The topological polar surface area (TPSA) is 113 Å². The van der Waals surface area contributed by atoms with E-state index in [1.165, 1.54) is 18.2 Å². The van der Waals surface area contributed by atoms with Gasteiger partial charge in [0.1, 0.15) is 11.5 Å². The number of rotatable bonds is 2. The first-order valence-electron chi connectivity index (χ1n) is 6.48. The van der Waals surface area contributed by atoms with Crippen LogP contribution in [0.1, 0.15) is 16.2 Å². The molecule has 0 aliphatic heterocycles. The van der Waals surface area contributed by atoms with E-state index in [0.29, 0.717) is 22.4 Å². The zero-order chi connectivity index (χ0) is 15.9. The lowest BCUT2D eigenvalue weighted by Crippen LogP contribution is -2.19. The maximum atomic E-state index is 12.2. The Bertz CT molecular complexity index is 941. The minimum Gasteiger partial charge on any atom is -0.329 e. The average molecular weight is 299 g/mol. The van der Waals surface area contributed by atoms with E-state index in [1.54, 1.807) is 16.2 Å². The quantitative estimate of drug-likeness (QED) is 0.477. The second-order valence-electron chi connectivity index (χ2n) is 4.84. The summed E-state index contributed by atoms with van der Waals surface area (Å²) in [6, 6.07) is 4.38. The van der Waals surface area contributed by atoms with Crippen LogP contribution >= 0.6 is 0 Å². The van der Waals surface area contributed by atoms with Gasteiger partial charge in [0.15, 0.2) is 5.82 Å². The highest BCUT2D eigenvalue weighted by Gasteiger charge is 2.12. The van der Waals surface area contributed by atoms with Crippen LogP contribution < -0.4 is 11.0 Å². The van der Waals surface area contributed by atoms with Gasteiger partial charge in [-0.1, -0.05) is 0 Å². The first kappa shape index (κ1) is 14.0. The van der Waals surface area contributed by atoms with Gasteiger partial charge in [-0.25, -0.2) is 15.4 Å². The number of aryl methyl sites for hydroxylation is 1. The Morgan fingerprint density at radius 3 is 2.82 bits per heavy atom. The number of benzene rings is 1. The summed E-state index contributed by atoms with van der Waals surface area (Å²) in [5, 5.41) is 9.05. The Morgan fingerprint density at radius 1 is 1.41 bits per heavy atom. The number of nitrogens with one attached hydrogen (secondary N) is 2. The van der Waals surface area contributed by atoms with Gasteiger partial charge in [-0.2, -0.15) is 0 Å². The fourth-order valence-electron chi connectivity index (χ4n) is 2.19. The summed E-state index contributed by atoms with van der Waals surface area (Å²) in [7, 11) is 1.82. The molecule has 1 aromatic carbocycles. The Kier molecular flexibility index (Phi) is 3.22. The van der Waals surface area contributed by atoms with Gasteiger partial charge >= 0.3 is 0 Å². The second kappa shape index (κ2) is 5.08. The lowest BCUT2D eigenvalue weighted by molar-refractivity contribution is 0.0706. The number of H-pyrrole nitrogens is 1. The Balaban J connectivity index is 2.24. The van der Waals surface area contributed by atoms with Gasteiger partial charge in [-0.05, 0) is 25.1 Å². The van der Waals surface area contributed by atoms with Crippen LogP contribution in [0.2, 0.25) is 0 Å². The first-order chi connectivity index (χ1) is 10.5. The van der Waals surface area contributed by atoms with E-state index in [-0.39, 0.29) is 11.1 Å². The van der Waals surface area contributed by atoms with E-state index >= 15 is 0 Å². The number of aromatic amines is 1. The molecule has 1 amide bonds. The summed E-state index contributed by atoms with van der Waals surface area (Å²) >= 11 is 0. The van der Waals surface area contributed by atoms with E-state index in [0.717, 1.165) is 5.82 Å². The normalized spacial score (nSPS) is 10.9. The molecule has 2 aromatic heterocycles. The minimum absolute atomic E-state index is 0.209. The molecule has 3 N–H and O–H groups in total. The van der Waals surface area contributed by atoms with Crippen LogP contribution in [0.5, 0.6) is 0 Å². The van der Waals surface area contributed by atoms with Gasteiger partial charge in [0, 0.05) is 12.6 Å². The molecule has 0 spiro atoms. The molecule has 0 unspecified atom stereocenters. The van der Waals surface area contributed by atoms with Crippen molar-refractivity contribution in [2.75, 3.05) is 0 Å². The molecule has 0 saturated heterocycles. The first-order valence-corrected chi connectivity index (χ1v) is 6.48. The van der Waals surface area contributed by atoms with Crippen molar-refractivity contribution in [1.29, 1.82) is 0 Å². The molecule has 0 saturated carbocycles. The number of hydrogen-bond acceptors (Lipinski definition) is 5. The van der Waals surface area contributed by atoms with E-state index in [9.17, 15) is 9.59 Å². The van der Waals surface area contributed by atoms with Crippen molar-refractivity contribution in [3.63, 3.8) is 0 Å². The molecular weight excluding hydrogens is 286 g/mol. The third-order valence-electron chi connectivity index (χ3n) is 3.53. The third kappa shape index (κ3) is 2.15. The minimum atomic E-state index is -0.665. The molecule has 3 rings (SSSR count). The smallest absolute Gasteiger partial charge is 0.274 e. The van der Waals surface area contributed by atoms with Crippen molar-refractivity contribution < 1.29 is 10.0 Å². The molecule has 2 heterocycles. The number of imidazole rings is 1. The zero-order valence-electron chi connectivity index (χ0n) is 11.9. The highest BCUT2D eigenvalue weighted by molar-refractivity contribution is 5.97. The predicted octanol–water partition coefficient (Wildman–Crippen LogP) is 0.751. The Labute approximate surface area is 124 Å². The van der Waals surface area contributed by atoms with Crippen molar-refractivity contribution >= 4 is 16.8 Å². The number of hydrogen-bond donors (Lipinski definition) is 3. The van der Waals surface area contributed by atoms with Crippen LogP contribution in [0.15, 0.2) is 29.2 Å². The fourth-order valence-corrected chi connectivity index (χ4v) is 2.19. The molecule has 0 radical (unpaired) electrons. The summed E-state index contributed by atoms with van der Waals surface area (Å²) < 4.78 is 1.80.